The van der Waals surface area contributed by atoms with Crippen LogP contribution < -0.4 is 10.6 Å². The van der Waals surface area contributed by atoms with Crippen LogP contribution in [0.2, 0.25) is 0 Å². The molecule has 0 bridgehead atoms. The van der Waals surface area contributed by atoms with Crippen LogP contribution in [0.4, 0.5) is 5.82 Å². The van der Waals surface area contributed by atoms with Gasteiger partial charge in [0.15, 0.2) is 0 Å². The molecule has 1 aliphatic rings. The van der Waals surface area contributed by atoms with E-state index in [9.17, 15) is 9.59 Å². The monoisotopic (exact) mass is 460 g/mol. The molecule has 1 aliphatic carbocycles. The van der Waals surface area contributed by atoms with Gasteiger partial charge in [-0.05, 0) is 73.9 Å². The molecule has 0 aromatic carbocycles. The average Bonchev–Trinajstić information content (AvgIpc) is 3.26. The quantitative estimate of drug-likeness (QED) is 0.578. The first-order chi connectivity index (χ1) is 16.3. The minimum atomic E-state index is -0.638. The Balaban J connectivity index is 1.51. The van der Waals surface area contributed by atoms with E-state index in [0.717, 1.165) is 48.1 Å². The zero-order valence-electron chi connectivity index (χ0n) is 20.2. The summed E-state index contributed by atoms with van der Waals surface area (Å²) >= 11 is 0. The number of carbonyl (C=O) groups is 2. The lowest BCUT2D eigenvalue weighted by atomic mass is 9.79. The molecule has 3 heterocycles. The van der Waals surface area contributed by atoms with Gasteiger partial charge in [-0.1, -0.05) is 19.8 Å². The van der Waals surface area contributed by atoms with Crippen molar-refractivity contribution in [2.45, 2.75) is 52.5 Å². The summed E-state index contributed by atoms with van der Waals surface area (Å²) in [6, 6.07) is 6.78. The number of carbonyl (C=O) groups excluding carboxylic acids is 2. The number of hydrogen-bond donors (Lipinski definition) is 2. The Kier molecular flexibility index (Phi) is 7.05. The van der Waals surface area contributed by atoms with Crippen LogP contribution in [0.5, 0.6) is 0 Å². The summed E-state index contributed by atoms with van der Waals surface area (Å²) in [5, 5.41) is 9.96. The van der Waals surface area contributed by atoms with Crippen LogP contribution in [0.15, 0.2) is 42.9 Å². The molecule has 2 amide bonds. The summed E-state index contributed by atoms with van der Waals surface area (Å²) in [5.41, 5.74) is 4.45. The molecule has 0 unspecified atom stereocenters. The molecule has 2 N–H and O–H groups in total. The lowest BCUT2D eigenvalue weighted by molar-refractivity contribution is -0.119. The van der Waals surface area contributed by atoms with Crippen LogP contribution in [0.1, 0.15) is 54.4 Å². The fourth-order valence-corrected chi connectivity index (χ4v) is 4.60. The third kappa shape index (κ3) is 5.32. The Morgan fingerprint density at radius 2 is 1.82 bits per heavy atom. The predicted octanol–water partition coefficient (Wildman–Crippen LogP) is 4.06. The number of nitrogens with zero attached hydrogens (tertiary/aromatic N) is 4. The van der Waals surface area contributed by atoms with Crippen LogP contribution >= 0.6 is 0 Å². The number of hydrogen-bond acceptors (Lipinski definition) is 5. The van der Waals surface area contributed by atoms with Gasteiger partial charge in [0.1, 0.15) is 17.6 Å². The van der Waals surface area contributed by atoms with Crippen LogP contribution in [0.3, 0.4) is 0 Å². The van der Waals surface area contributed by atoms with Gasteiger partial charge in [0, 0.05) is 36.9 Å². The Bertz CT molecular complexity index is 1160. The minimum Gasteiger partial charge on any atom is -0.339 e. The minimum absolute atomic E-state index is 0.0788. The molecule has 0 saturated heterocycles. The van der Waals surface area contributed by atoms with Gasteiger partial charge in [-0.3, -0.25) is 19.3 Å². The summed E-state index contributed by atoms with van der Waals surface area (Å²) in [6.07, 6.45) is 9.07. The highest BCUT2D eigenvalue weighted by Crippen LogP contribution is 2.31. The van der Waals surface area contributed by atoms with Crippen LogP contribution in [-0.4, -0.2) is 37.6 Å². The molecule has 3 aromatic rings. The first-order valence-electron chi connectivity index (χ1n) is 11.8. The fourth-order valence-electron chi connectivity index (χ4n) is 4.60. The Morgan fingerprint density at radius 3 is 2.47 bits per heavy atom. The van der Waals surface area contributed by atoms with E-state index in [0.29, 0.717) is 17.4 Å². The SMILES string of the molecule is Cc1cc(-c2ccc(NC(=O)[C@@H](NC(=O)c3ccnn3C)C3CCC(C)CC3)nc2)c(C)cn1. The van der Waals surface area contributed by atoms with Gasteiger partial charge in [0.2, 0.25) is 5.91 Å². The fraction of sp³-hybridized carbons (Fsp3) is 0.423. The molecule has 34 heavy (non-hydrogen) atoms. The van der Waals surface area contributed by atoms with Crippen molar-refractivity contribution in [3.8, 4) is 11.1 Å². The van der Waals surface area contributed by atoms with E-state index >= 15 is 0 Å². The van der Waals surface area contributed by atoms with E-state index in [4.69, 9.17) is 0 Å². The van der Waals surface area contributed by atoms with Gasteiger partial charge in [-0.15, -0.1) is 0 Å². The molecular weight excluding hydrogens is 428 g/mol. The van der Waals surface area contributed by atoms with E-state index in [1.54, 1.807) is 31.6 Å². The average molecular weight is 461 g/mol. The molecule has 1 atom stereocenters. The topological polar surface area (TPSA) is 102 Å². The van der Waals surface area contributed by atoms with Crippen molar-refractivity contribution in [3.63, 3.8) is 0 Å². The van der Waals surface area contributed by atoms with E-state index in [1.807, 2.05) is 32.2 Å². The van der Waals surface area contributed by atoms with E-state index in [1.165, 1.54) is 4.68 Å². The van der Waals surface area contributed by atoms with Crippen LogP contribution in [0, 0.1) is 25.7 Å². The second-order valence-electron chi connectivity index (χ2n) is 9.37. The maximum Gasteiger partial charge on any atom is 0.270 e. The molecule has 3 aromatic heterocycles. The normalized spacial score (nSPS) is 18.8. The molecule has 1 fully saturated rings. The first kappa shape index (κ1) is 23.6. The van der Waals surface area contributed by atoms with Gasteiger partial charge in [0.25, 0.3) is 5.91 Å². The van der Waals surface area contributed by atoms with Crippen molar-refractivity contribution in [2.75, 3.05) is 5.32 Å². The predicted molar refractivity (Wildman–Crippen MR) is 131 cm³/mol. The number of nitrogens with one attached hydrogen (secondary N) is 2. The van der Waals surface area contributed by atoms with Crippen molar-refractivity contribution in [1.82, 2.24) is 25.1 Å². The molecule has 178 valence electrons. The van der Waals surface area contributed by atoms with Crippen molar-refractivity contribution in [2.24, 2.45) is 18.9 Å². The van der Waals surface area contributed by atoms with Crippen molar-refractivity contribution < 1.29 is 9.59 Å². The molecule has 0 radical (unpaired) electrons. The number of rotatable bonds is 6. The van der Waals surface area contributed by atoms with Crippen molar-refractivity contribution >= 4 is 17.6 Å². The summed E-state index contributed by atoms with van der Waals surface area (Å²) in [6.45, 7) is 6.20. The molecule has 4 rings (SSSR count). The first-order valence-corrected chi connectivity index (χ1v) is 11.8. The molecule has 8 heteroatoms. The van der Waals surface area contributed by atoms with E-state index in [2.05, 4.69) is 32.6 Å². The Morgan fingerprint density at radius 1 is 1.06 bits per heavy atom. The maximum atomic E-state index is 13.3. The number of anilines is 1. The molecule has 1 saturated carbocycles. The summed E-state index contributed by atoms with van der Waals surface area (Å²) in [7, 11) is 1.71. The van der Waals surface area contributed by atoms with Crippen LogP contribution in [-0.2, 0) is 11.8 Å². The summed E-state index contributed by atoms with van der Waals surface area (Å²) in [5.74, 6) is 0.635. The lowest BCUT2D eigenvalue weighted by Crippen LogP contribution is -2.49. The van der Waals surface area contributed by atoms with Crippen molar-refractivity contribution in [1.29, 1.82) is 0 Å². The molecular formula is C26H32N6O2. The van der Waals surface area contributed by atoms with Gasteiger partial charge < -0.3 is 10.6 Å². The maximum absolute atomic E-state index is 13.3. The molecule has 8 nitrogen and oxygen atoms in total. The Hall–Kier alpha value is -3.55. The van der Waals surface area contributed by atoms with Crippen molar-refractivity contribution in [3.05, 3.63) is 59.8 Å². The van der Waals surface area contributed by atoms with Gasteiger partial charge >= 0.3 is 0 Å². The van der Waals surface area contributed by atoms with Gasteiger partial charge in [-0.25, -0.2) is 4.98 Å². The third-order valence-corrected chi connectivity index (χ3v) is 6.72. The van der Waals surface area contributed by atoms with E-state index < -0.39 is 6.04 Å². The number of amides is 2. The second kappa shape index (κ2) is 10.2. The zero-order valence-corrected chi connectivity index (χ0v) is 20.2. The number of pyridine rings is 2. The smallest absolute Gasteiger partial charge is 0.270 e. The molecule has 0 spiro atoms. The number of aryl methyl sites for hydroxylation is 3. The van der Waals surface area contributed by atoms with Gasteiger partial charge in [-0.2, -0.15) is 5.10 Å². The Labute approximate surface area is 200 Å². The molecule has 0 aliphatic heterocycles. The van der Waals surface area contributed by atoms with Gasteiger partial charge in [0.05, 0.1) is 0 Å². The standard InChI is InChI=1S/C26H32N6O2/c1-16-5-7-19(8-6-16)24(31-25(33)22-11-12-29-32(22)4)26(34)30-23-10-9-20(15-28-23)21-13-18(3)27-14-17(21)2/h9-16,19,24H,5-8H2,1-4H3,(H,31,33)(H,28,30,34)/t16?,19?,24-/m0/s1. The largest absolute Gasteiger partial charge is 0.339 e. The highest BCUT2D eigenvalue weighted by molar-refractivity contribution is 6.00. The lowest BCUT2D eigenvalue weighted by Gasteiger charge is -2.32. The van der Waals surface area contributed by atoms with Crippen LogP contribution in [0.25, 0.3) is 11.1 Å². The third-order valence-electron chi connectivity index (χ3n) is 6.72. The highest BCUT2D eigenvalue weighted by atomic mass is 16.2. The second-order valence-corrected chi connectivity index (χ2v) is 9.37. The van der Waals surface area contributed by atoms with E-state index in [-0.39, 0.29) is 17.7 Å². The highest BCUT2D eigenvalue weighted by Gasteiger charge is 2.33. The summed E-state index contributed by atoms with van der Waals surface area (Å²) < 4.78 is 1.51. The summed E-state index contributed by atoms with van der Waals surface area (Å²) in [4.78, 5) is 35.0. The number of aromatic nitrogens is 4. The zero-order chi connectivity index (χ0) is 24.2.